The number of nitrogens with zero attached hydrogens (tertiary/aromatic N) is 2. The van der Waals surface area contributed by atoms with Crippen molar-refractivity contribution in [2.45, 2.75) is 13.5 Å². The highest BCUT2D eigenvalue weighted by molar-refractivity contribution is 7.09. The quantitative estimate of drug-likeness (QED) is 0.343. The smallest absolute Gasteiger partial charge is 0.306 e. The molecule has 0 fully saturated rings. The Balaban J connectivity index is 1.61. The number of rotatable bonds is 7. The zero-order valence-corrected chi connectivity index (χ0v) is 16.1. The number of thiazole rings is 1. The topological polar surface area (TPSA) is 94.4 Å². The first-order valence-electron chi connectivity index (χ1n) is 8.47. The standard InChI is InChI=1S/C20H16FN3O4S/c1-13-22-16(12-29-13)11-28-17-4-2-3-14(9-17)5-8-20(25)23-15-6-7-18(21)19(10-15)24(26)27/h2-10,12H,11H2,1H3,(H,23,25)/b8-5+. The minimum atomic E-state index is -0.965. The van der Waals surface area contributed by atoms with Gasteiger partial charge < -0.3 is 10.1 Å². The van der Waals surface area contributed by atoms with Crippen LogP contribution in [-0.2, 0) is 11.4 Å². The van der Waals surface area contributed by atoms with Crippen LogP contribution >= 0.6 is 11.3 Å². The highest BCUT2D eigenvalue weighted by Crippen LogP contribution is 2.22. The van der Waals surface area contributed by atoms with E-state index in [1.54, 1.807) is 41.7 Å². The van der Waals surface area contributed by atoms with Crippen LogP contribution in [0.1, 0.15) is 16.3 Å². The van der Waals surface area contributed by atoms with Crippen molar-refractivity contribution in [2.24, 2.45) is 0 Å². The molecule has 0 bridgehead atoms. The largest absolute Gasteiger partial charge is 0.487 e. The monoisotopic (exact) mass is 413 g/mol. The van der Waals surface area contributed by atoms with Crippen LogP contribution < -0.4 is 10.1 Å². The van der Waals surface area contributed by atoms with E-state index in [1.165, 1.54) is 12.1 Å². The van der Waals surface area contributed by atoms with Crippen molar-refractivity contribution in [3.63, 3.8) is 0 Å². The fourth-order valence-corrected chi connectivity index (χ4v) is 3.02. The first-order chi connectivity index (χ1) is 13.9. The van der Waals surface area contributed by atoms with Gasteiger partial charge in [-0.15, -0.1) is 11.3 Å². The molecule has 0 aliphatic heterocycles. The molecule has 3 rings (SSSR count). The van der Waals surface area contributed by atoms with Gasteiger partial charge >= 0.3 is 5.69 Å². The number of nitro groups is 1. The molecular weight excluding hydrogens is 397 g/mol. The zero-order chi connectivity index (χ0) is 20.8. The van der Waals surface area contributed by atoms with Gasteiger partial charge in [-0.3, -0.25) is 14.9 Å². The van der Waals surface area contributed by atoms with Crippen LogP contribution in [0.15, 0.2) is 53.9 Å². The Morgan fingerprint density at radius 3 is 2.90 bits per heavy atom. The van der Waals surface area contributed by atoms with Gasteiger partial charge in [-0.1, -0.05) is 12.1 Å². The van der Waals surface area contributed by atoms with E-state index < -0.39 is 22.3 Å². The van der Waals surface area contributed by atoms with Crippen molar-refractivity contribution >= 4 is 34.7 Å². The van der Waals surface area contributed by atoms with E-state index in [9.17, 15) is 19.3 Å². The number of nitrogens with one attached hydrogen (secondary N) is 1. The number of aryl methyl sites for hydroxylation is 1. The molecule has 3 aromatic rings. The van der Waals surface area contributed by atoms with Crippen LogP contribution in [0.3, 0.4) is 0 Å². The lowest BCUT2D eigenvalue weighted by Gasteiger charge is -2.05. The van der Waals surface area contributed by atoms with Gasteiger partial charge in [0.2, 0.25) is 11.7 Å². The summed E-state index contributed by atoms with van der Waals surface area (Å²) in [6.45, 7) is 2.27. The van der Waals surface area contributed by atoms with Crippen molar-refractivity contribution in [3.8, 4) is 5.75 Å². The molecule has 0 unspecified atom stereocenters. The fraction of sp³-hybridized carbons (Fsp3) is 0.100. The molecule has 0 atom stereocenters. The Labute approximate surface area is 169 Å². The molecule has 1 amide bonds. The molecule has 1 heterocycles. The number of aromatic nitrogens is 1. The molecule has 9 heteroatoms. The van der Waals surface area contributed by atoms with Crippen molar-refractivity contribution in [1.29, 1.82) is 0 Å². The number of carbonyl (C=O) groups excluding carboxylic acids is 1. The second-order valence-corrected chi connectivity index (χ2v) is 7.03. The van der Waals surface area contributed by atoms with Gasteiger partial charge in [-0.2, -0.15) is 4.39 Å². The average molecular weight is 413 g/mol. The summed E-state index contributed by atoms with van der Waals surface area (Å²) in [5.74, 6) is -0.837. The number of anilines is 1. The number of ether oxygens (including phenoxy) is 1. The maximum absolute atomic E-state index is 13.4. The summed E-state index contributed by atoms with van der Waals surface area (Å²) in [6, 6.07) is 10.3. The van der Waals surface area contributed by atoms with Crippen molar-refractivity contribution in [3.05, 3.63) is 86.1 Å². The lowest BCUT2D eigenvalue weighted by molar-refractivity contribution is -0.387. The van der Waals surface area contributed by atoms with Gasteiger partial charge in [0.15, 0.2) is 0 Å². The second-order valence-electron chi connectivity index (χ2n) is 5.96. The number of nitro benzene ring substituents is 1. The van der Waals surface area contributed by atoms with Gasteiger partial charge in [-0.05, 0) is 42.8 Å². The summed E-state index contributed by atoms with van der Waals surface area (Å²) in [4.78, 5) is 26.3. The predicted octanol–water partition coefficient (Wildman–Crippen LogP) is 4.73. The Bertz CT molecular complexity index is 1080. The Morgan fingerprint density at radius 1 is 1.34 bits per heavy atom. The summed E-state index contributed by atoms with van der Waals surface area (Å²) in [5.41, 5.74) is 1.01. The summed E-state index contributed by atoms with van der Waals surface area (Å²) in [6.07, 6.45) is 2.85. The van der Waals surface area contributed by atoms with Crippen LogP contribution in [0.4, 0.5) is 15.8 Å². The number of benzene rings is 2. The van der Waals surface area contributed by atoms with Crippen LogP contribution in [0.25, 0.3) is 6.08 Å². The van der Waals surface area contributed by atoms with Crippen molar-refractivity contribution < 1.29 is 18.8 Å². The molecule has 1 aromatic heterocycles. The fourth-order valence-electron chi connectivity index (χ4n) is 2.43. The molecule has 0 spiro atoms. The Kier molecular flexibility index (Phi) is 6.30. The third-order valence-corrected chi connectivity index (χ3v) is 4.57. The van der Waals surface area contributed by atoms with Crippen LogP contribution in [-0.4, -0.2) is 15.8 Å². The van der Waals surface area contributed by atoms with Crippen LogP contribution in [0.5, 0.6) is 5.75 Å². The van der Waals surface area contributed by atoms with E-state index in [0.717, 1.165) is 28.4 Å². The summed E-state index contributed by atoms with van der Waals surface area (Å²) < 4.78 is 19.1. The normalized spacial score (nSPS) is 10.8. The maximum Gasteiger partial charge on any atom is 0.306 e. The van der Waals surface area contributed by atoms with Crippen LogP contribution in [0, 0.1) is 22.9 Å². The van der Waals surface area contributed by atoms with Gasteiger partial charge in [0.05, 0.1) is 15.6 Å². The SMILES string of the molecule is Cc1nc(COc2cccc(/C=C/C(=O)Nc3ccc(F)c([N+](=O)[O-])c3)c2)cs1. The molecule has 2 aromatic carbocycles. The second kappa shape index (κ2) is 9.07. The average Bonchev–Trinajstić information content (AvgIpc) is 3.12. The van der Waals surface area contributed by atoms with Crippen molar-refractivity contribution in [1.82, 2.24) is 4.98 Å². The Hall–Kier alpha value is -3.59. The first kappa shape index (κ1) is 20.2. The highest BCUT2D eigenvalue weighted by atomic mass is 32.1. The molecule has 29 heavy (non-hydrogen) atoms. The Morgan fingerprint density at radius 2 is 2.17 bits per heavy atom. The molecule has 0 saturated carbocycles. The number of hydrogen-bond acceptors (Lipinski definition) is 6. The molecular formula is C20H16FN3O4S. The molecule has 0 aliphatic rings. The van der Waals surface area contributed by atoms with E-state index in [0.29, 0.717) is 12.4 Å². The molecule has 0 aliphatic carbocycles. The van der Waals surface area contributed by atoms with E-state index in [-0.39, 0.29) is 5.69 Å². The number of hydrogen-bond donors (Lipinski definition) is 1. The van der Waals surface area contributed by atoms with Gasteiger partial charge in [-0.25, -0.2) is 4.98 Å². The summed E-state index contributed by atoms with van der Waals surface area (Å²) in [5, 5.41) is 16.1. The lowest BCUT2D eigenvalue weighted by Crippen LogP contribution is -2.08. The minimum Gasteiger partial charge on any atom is -0.487 e. The van der Waals surface area contributed by atoms with Crippen LogP contribution in [0.2, 0.25) is 0 Å². The molecule has 7 nitrogen and oxygen atoms in total. The van der Waals surface area contributed by atoms with E-state index in [2.05, 4.69) is 10.3 Å². The van der Waals surface area contributed by atoms with Gasteiger partial charge in [0.1, 0.15) is 12.4 Å². The number of carbonyl (C=O) groups is 1. The van der Waals surface area contributed by atoms with Crippen molar-refractivity contribution in [2.75, 3.05) is 5.32 Å². The molecule has 148 valence electrons. The third kappa shape index (κ3) is 5.69. The summed E-state index contributed by atoms with van der Waals surface area (Å²) >= 11 is 1.55. The zero-order valence-electron chi connectivity index (χ0n) is 15.3. The predicted molar refractivity (Wildman–Crippen MR) is 108 cm³/mol. The molecule has 0 saturated heterocycles. The third-order valence-electron chi connectivity index (χ3n) is 3.75. The van der Waals surface area contributed by atoms with E-state index >= 15 is 0 Å². The summed E-state index contributed by atoms with van der Waals surface area (Å²) in [7, 11) is 0. The maximum atomic E-state index is 13.4. The first-order valence-corrected chi connectivity index (χ1v) is 9.35. The lowest BCUT2D eigenvalue weighted by atomic mass is 10.2. The molecule has 1 N–H and O–H groups in total. The van der Waals surface area contributed by atoms with Gasteiger partial charge in [0.25, 0.3) is 0 Å². The van der Waals surface area contributed by atoms with E-state index in [1.807, 2.05) is 12.3 Å². The molecule has 0 radical (unpaired) electrons. The van der Waals surface area contributed by atoms with E-state index in [4.69, 9.17) is 4.74 Å². The minimum absolute atomic E-state index is 0.128. The van der Waals surface area contributed by atoms with Gasteiger partial charge in [0, 0.05) is 23.2 Å². The number of amides is 1. The highest BCUT2D eigenvalue weighted by Gasteiger charge is 2.14. The number of halogens is 1.